The molecule has 4 heterocycles. The Labute approximate surface area is 165 Å². The summed E-state index contributed by atoms with van der Waals surface area (Å²) < 4.78 is 11.6. The van der Waals surface area contributed by atoms with Crippen molar-refractivity contribution < 1.29 is 14.3 Å². The van der Waals surface area contributed by atoms with Crippen molar-refractivity contribution in [2.24, 2.45) is 0 Å². The summed E-state index contributed by atoms with van der Waals surface area (Å²) in [5, 5.41) is 0. The first-order valence-electron chi connectivity index (χ1n) is 10.1. The van der Waals surface area contributed by atoms with Gasteiger partial charge in [-0.15, -0.1) is 0 Å². The van der Waals surface area contributed by atoms with Crippen molar-refractivity contribution in [1.29, 1.82) is 0 Å². The molecule has 0 bridgehead atoms. The van der Waals surface area contributed by atoms with Crippen LogP contribution in [0.5, 0.6) is 0 Å². The number of hydrogen-bond acceptors (Lipinski definition) is 5. The summed E-state index contributed by atoms with van der Waals surface area (Å²) in [6.07, 6.45) is 5.42. The van der Waals surface area contributed by atoms with Gasteiger partial charge in [-0.1, -0.05) is 18.2 Å². The van der Waals surface area contributed by atoms with Gasteiger partial charge in [-0.3, -0.25) is 4.79 Å². The number of carbonyl (C=O) groups is 1. The molecule has 0 N–H and O–H groups in total. The van der Waals surface area contributed by atoms with E-state index in [1.54, 1.807) is 6.20 Å². The number of nitrogens with zero attached hydrogens (tertiary/aromatic N) is 3. The Bertz CT molecular complexity index is 869. The fourth-order valence-electron chi connectivity index (χ4n) is 4.49. The molecule has 5 rings (SSSR count). The van der Waals surface area contributed by atoms with Gasteiger partial charge in [-0.2, -0.15) is 0 Å². The van der Waals surface area contributed by atoms with Crippen LogP contribution in [0.4, 0.5) is 11.5 Å². The molecule has 28 heavy (non-hydrogen) atoms. The molecule has 146 valence electrons. The van der Waals surface area contributed by atoms with Gasteiger partial charge in [0.25, 0.3) is 5.91 Å². The topological polar surface area (TPSA) is 54.9 Å². The van der Waals surface area contributed by atoms with Gasteiger partial charge in [-0.25, -0.2) is 4.98 Å². The first-order valence-corrected chi connectivity index (χ1v) is 10.1. The molecule has 1 aromatic carbocycles. The Morgan fingerprint density at radius 3 is 2.64 bits per heavy atom. The predicted octanol–water partition coefficient (Wildman–Crippen LogP) is 3.02. The smallest absolute Gasteiger partial charge is 0.258 e. The third-order valence-corrected chi connectivity index (χ3v) is 6.01. The summed E-state index contributed by atoms with van der Waals surface area (Å²) in [4.78, 5) is 21.9. The summed E-state index contributed by atoms with van der Waals surface area (Å²) in [6.45, 7) is 3.75. The van der Waals surface area contributed by atoms with Gasteiger partial charge in [0.05, 0.1) is 13.2 Å². The highest BCUT2D eigenvalue weighted by molar-refractivity contribution is 6.07. The van der Waals surface area contributed by atoms with Crippen LogP contribution in [0.15, 0.2) is 42.6 Å². The molecule has 2 aromatic rings. The van der Waals surface area contributed by atoms with Crippen molar-refractivity contribution in [2.75, 3.05) is 42.6 Å². The molecular weight excluding hydrogens is 354 g/mol. The van der Waals surface area contributed by atoms with Crippen molar-refractivity contribution in [3.63, 3.8) is 0 Å². The van der Waals surface area contributed by atoms with Gasteiger partial charge in [0, 0.05) is 49.9 Å². The molecule has 1 spiro atoms. The second kappa shape index (κ2) is 7.18. The number of aromatic nitrogens is 1. The normalized spacial score (nSPS) is 21.0. The number of rotatable bonds is 2. The standard InChI is InChI=1S/C22H25N3O3/c26-21(25-11-3-5-17-4-1-2-6-19(17)25)18-7-10-23-20(16-18)24-12-8-22(9-13-24)27-14-15-28-22/h1-2,4,6-7,10,16H,3,5,8-9,11-15H2. The van der Waals surface area contributed by atoms with Crippen LogP contribution in [-0.2, 0) is 15.9 Å². The summed E-state index contributed by atoms with van der Waals surface area (Å²) in [7, 11) is 0. The van der Waals surface area contributed by atoms with E-state index in [0.29, 0.717) is 18.8 Å². The van der Waals surface area contributed by atoms with Crippen LogP contribution in [0.2, 0.25) is 0 Å². The van der Waals surface area contributed by atoms with Crippen molar-refractivity contribution in [3.05, 3.63) is 53.7 Å². The van der Waals surface area contributed by atoms with Gasteiger partial charge in [0.1, 0.15) is 5.82 Å². The Hall–Kier alpha value is -2.44. The molecule has 0 aliphatic carbocycles. The van der Waals surface area contributed by atoms with Crippen LogP contribution in [0, 0.1) is 0 Å². The summed E-state index contributed by atoms with van der Waals surface area (Å²) >= 11 is 0. The van der Waals surface area contributed by atoms with E-state index in [9.17, 15) is 4.79 Å². The molecule has 1 amide bonds. The Morgan fingerprint density at radius 1 is 1.04 bits per heavy atom. The number of piperidine rings is 1. The van der Waals surface area contributed by atoms with Crippen LogP contribution >= 0.6 is 0 Å². The molecule has 0 unspecified atom stereocenters. The van der Waals surface area contributed by atoms with Gasteiger partial charge in [0.2, 0.25) is 0 Å². The van der Waals surface area contributed by atoms with Gasteiger partial charge in [0.15, 0.2) is 5.79 Å². The van der Waals surface area contributed by atoms with Crippen molar-refractivity contribution in [3.8, 4) is 0 Å². The maximum Gasteiger partial charge on any atom is 0.258 e. The van der Waals surface area contributed by atoms with E-state index in [1.165, 1.54) is 5.56 Å². The quantitative estimate of drug-likeness (QED) is 0.803. The lowest BCUT2D eigenvalue weighted by molar-refractivity contribution is -0.169. The first kappa shape index (κ1) is 17.6. The molecule has 0 saturated carbocycles. The SMILES string of the molecule is O=C(c1ccnc(N2CCC3(CC2)OCCO3)c1)N1CCCc2ccccc21. The molecule has 1 aromatic heterocycles. The number of carbonyl (C=O) groups excluding carboxylic acids is 1. The Morgan fingerprint density at radius 2 is 1.82 bits per heavy atom. The van der Waals surface area contributed by atoms with Crippen LogP contribution in [0.3, 0.4) is 0 Å². The Kier molecular flexibility index (Phi) is 4.53. The number of fused-ring (bicyclic) bond motifs is 1. The van der Waals surface area contributed by atoms with E-state index >= 15 is 0 Å². The predicted molar refractivity (Wildman–Crippen MR) is 107 cm³/mol. The zero-order valence-corrected chi connectivity index (χ0v) is 16.0. The fraction of sp³-hybridized carbons (Fsp3) is 0.455. The molecule has 6 nitrogen and oxygen atoms in total. The number of amides is 1. The third-order valence-electron chi connectivity index (χ3n) is 6.01. The molecule has 2 fully saturated rings. The maximum atomic E-state index is 13.2. The van der Waals surface area contributed by atoms with Crippen LogP contribution in [0.25, 0.3) is 0 Å². The molecule has 2 saturated heterocycles. The number of hydrogen-bond donors (Lipinski definition) is 0. The van der Waals surface area contributed by atoms with Gasteiger partial charge >= 0.3 is 0 Å². The molecule has 6 heteroatoms. The highest BCUT2D eigenvalue weighted by Crippen LogP contribution is 2.33. The minimum absolute atomic E-state index is 0.0479. The zero-order chi connectivity index (χ0) is 19.0. The van der Waals surface area contributed by atoms with E-state index < -0.39 is 5.79 Å². The van der Waals surface area contributed by atoms with Gasteiger partial charge in [-0.05, 0) is 36.6 Å². The Balaban J connectivity index is 1.34. The largest absolute Gasteiger partial charge is 0.356 e. The van der Waals surface area contributed by atoms with E-state index in [4.69, 9.17) is 9.47 Å². The van der Waals surface area contributed by atoms with Crippen molar-refractivity contribution in [2.45, 2.75) is 31.5 Å². The molecule has 0 atom stereocenters. The summed E-state index contributed by atoms with van der Waals surface area (Å²) in [6, 6.07) is 11.9. The monoisotopic (exact) mass is 379 g/mol. The average Bonchev–Trinajstić information content (AvgIpc) is 3.21. The number of pyridine rings is 1. The van der Waals surface area contributed by atoms with Crippen molar-refractivity contribution in [1.82, 2.24) is 4.98 Å². The molecule has 0 radical (unpaired) electrons. The number of ether oxygens (including phenoxy) is 2. The van der Waals surface area contributed by atoms with Crippen LogP contribution in [-0.4, -0.2) is 49.5 Å². The lowest BCUT2D eigenvalue weighted by Crippen LogP contribution is -2.45. The van der Waals surface area contributed by atoms with Crippen molar-refractivity contribution >= 4 is 17.4 Å². The minimum Gasteiger partial charge on any atom is -0.356 e. The number of benzene rings is 1. The maximum absolute atomic E-state index is 13.2. The molecule has 3 aliphatic rings. The highest BCUT2D eigenvalue weighted by atomic mass is 16.7. The van der Waals surface area contributed by atoms with Crippen LogP contribution in [0.1, 0.15) is 35.2 Å². The molecular formula is C22H25N3O3. The first-order chi connectivity index (χ1) is 13.7. The molecule has 3 aliphatic heterocycles. The van der Waals surface area contributed by atoms with Crippen LogP contribution < -0.4 is 9.80 Å². The zero-order valence-electron chi connectivity index (χ0n) is 16.0. The number of aryl methyl sites for hydroxylation is 1. The lowest BCUT2D eigenvalue weighted by Gasteiger charge is -2.38. The fourth-order valence-corrected chi connectivity index (χ4v) is 4.49. The van der Waals surface area contributed by atoms with E-state index in [-0.39, 0.29) is 5.91 Å². The minimum atomic E-state index is -0.401. The number of anilines is 2. The lowest BCUT2D eigenvalue weighted by atomic mass is 10.0. The van der Waals surface area contributed by atoms with Gasteiger partial charge < -0.3 is 19.3 Å². The highest BCUT2D eigenvalue weighted by Gasteiger charge is 2.40. The third kappa shape index (κ3) is 3.16. The second-order valence-electron chi connectivity index (χ2n) is 7.69. The summed E-state index contributed by atoms with van der Waals surface area (Å²) in [5.74, 6) is 0.497. The summed E-state index contributed by atoms with van der Waals surface area (Å²) in [5.41, 5.74) is 2.97. The van der Waals surface area contributed by atoms with E-state index in [0.717, 1.165) is 56.8 Å². The average molecular weight is 379 g/mol. The van der Waals surface area contributed by atoms with E-state index in [2.05, 4.69) is 16.0 Å². The second-order valence-corrected chi connectivity index (χ2v) is 7.69. The number of para-hydroxylation sites is 1. The van der Waals surface area contributed by atoms with E-state index in [1.807, 2.05) is 35.2 Å².